The molecule has 0 saturated carbocycles. The molecule has 1 fully saturated rings. The summed E-state index contributed by atoms with van der Waals surface area (Å²) in [6.45, 7) is -0.639. The normalized spacial score (nSPS) is 23.2. The number of phenolic OH excluding ortho intramolecular Hbond substituents is 3. The van der Waals surface area contributed by atoms with Crippen LogP contribution in [0.4, 0.5) is 0 Å². The van der Waals surface area contributed by atoms with Crippen LogP contribution in [0.1, 0.15) is 16.7 Å². The van der Waals surface area contributed by atoms with E-state index in [0.717, 1.165) is 11.6 Å². The maximum absolute atomic E-state index is 12.5. The standard InChI is InChI=1S/C29H28O10/c30-16-24-26(35)27(36)28(39-25(34)12-7-18-5-10-21(32)11-6-18)29(38-24)37-23-14-19(13-22(33)15-23)2-1-17-3-8-20(31)9-4-17/h1-15,24,26-33,35-36H,16H2/t24-,26-,27+,28-,29-/m1/s1. The van der Waals surface area contributed by atoms with Gasteiger partial charge in [0, 0.05) is 12.1 Å². The zero-order chi connectivity index (χ0) is 27.9. The molecule has 204 valence electrons. The number of aliphatic hydroxyl groups is 3. The molecule has 10 nitrogen and oxygen atoms in total. The number of rotatable bonds is 8. The molecule has 39 heavy (non-hydrogen) atoms. The summed E-state index contributed by atoms with van der Waals surface area (Å²) in [5.41, 5.74) is 1.94. The maximum Gasteiger partial charge on any atom is 0.331 e. The van der Waals surface area contributed by atoms with Gasteiger partial charge in [-0.2, -0.15) is 0 Å². The highest BCUT2D eigenvalue weighted by molar-refractivity contribution is 5.87. The van der Waals surface area contributed by atoms with Gasteiger partial charge >= 0.3 is 5.97 Å². The number of phenols is 3. The lowest BCUT2D eigenvalue weighted by atomic mass is 9.99. The number of carbonyl (C=O) groups is 1. The Labute approximate surface area is 223 Å². The van der Waals surface area contributed by atoms with E-state index in [2.05, 4.69) is 0 Å². The fraction of sp³-hybridized carbons (Fsp3) is 0.207. The second kappa shape index (κ2) is 12.5. The van der Waals surface area contributed by atoms with Gasteiger partial charge in [0.2, 0.25) is 6.29 Å². The Hall–Kier alpha value is -4.35. The molecule has 0 spiro atoms. The van der Waals surface area contributed by atoms with E-state index in [-0.39, 0.29) is 23.0 Å². The number of aromatic hydroxyl groups is 3. The SMILES string of the molecule is O=C(C=Cc1ccc(O)cc1)O[C@H]1[C@H](Oc2cc(O)cc(C=Cc3ccc(O)cc3)c2)O[C@H](CO)[C@@H](O)[C@@H]1O. The van der Waals surface area contributed by atoms with Crippen LogP contribution in [0.2, 0.25) is 0 Å². The zero-order valence-electron chi connectivity index (χ0n) is 20.6. The van der Waals surface area contributed by atoms with E-state index in [4.69, 9.17) is 14.2 Å². The Morgan fingerprint density at radius 3 is 1.97 bits per heavy atom. The average Bonchev–Trinajstić information content (AvgIpc) is 2.92. The number of aliphatic hydroxyl groups excluding tert-OH is 3. The summed E-state index contributed by atoms with van der Waals surface area (Å²) in [6, 6.07) is 16.9. The predicted molar refractivity (Wildman–Crippen MR) is 141 cm³/mol. The molecule has 0 radical (unpaired) electrons. The lowest BCUT2D eigenvalue weighted by Gasteiger charge is -2.41. The van der Waals surface area contributed by atoms with Gasteiger partial charge in [0.1, 0.15) is 41.3 Å². The number of hydrogen-bond donors (Lipinski definition) is 6. The van der Waals surface area contributed by atoms with Gasteiger partial charge < -0.3 is 44.8 Å². The van der Waals surface area contributed by atoms with Gasteiger partial charge in [-0.15, -0.1) is 0 Å². The molecule has 0 aliphatic carbocycles. The Bertz CT molecular complexity index is 1320. The topological polar surface area (TPSA) is 166 Å². The highest BCUT2D eigenvalue weighted by Gasteiger charge is 2.47. The molecule has 3 aromatic rings. The number of benzene rings is 3. The maximum atomic E-state index is 12.5. The molecule has 1 aliphatic heterocycles. The van der Waals surface area contributed by atoms with Crippen LogP contribution in [-0.4, -0.2) is 73.9 Å². The third-order valence-corrected chi connectivity index (χ3v) is 5.91. The van der Waals surface area contributed by atoms with Crippen molar-refractivity contribution in [3.63, 3.8) is 0 Å². The second-order valence-electron chi connectivity index (χ2n) is 8.84. The molecule has 1 aliphatic rings. The molecule has 1 heterocycles. The zero-order valence-corrected chi connectivity index (χ0v) is 20.6. The van der Waals surface area contributed by atoms with E-state index in [1.807, 2.05) is 0 Å². The van der Waals surface area contributed by atoms with Crippen LogP contribution in [0.5, 0.6) is 23.0 Å². The van der Waals surface area contributed by atoms with Crippen LogP contribution in [-0.2, 0) is 14.3 Å². The summed E-state index contributed by atoms with van der Waals surface area (Å²) < 4.78 is 16.8. The van der Waals surface area contributed by atoms with Gasteiger partial charge in [0.05, 0.1) is 6.61 Å². The minimum absolute atomic E-state index is 0.0653. The van der Waals surface area contributed by atoms with Gasteiger partial charge in [0.15, 0.2) is 6.10 Å². The van der Waals surface area contributed by atoms with Crippen molar-refractivity contribution in [1.82, 2.24) is 0 Å². The van der Waals surface area contributed by atoms with Crippen molar-refractivity contribution in [3.8, 4) is 23.0 Å². The molecule has 10 heteroatoms. The smallest absolute Gasteiger partial charge is 0.331 e. The van der Waals surface area contributed by atoms with Gasteiger partial charge in [-0.3, -0.25) is 0 Å². The van der Waals surface area contributed by atoms with E-state index >= 15 is 0 Å². The third-order valence-electron chi connectivity index (χ3n) is 5.91. The summed E-state index contributed by atoms with van der Waals surface area (Å²) in [5, 5.41) is 59.6. The molecular weight excluding hydrogens is 508 g/mol. The van der Waals surface area contributed by atoms with Crippen LogP contribution in [0.25, 0.3) is 18.2 Å². The van der Waals surface area contributed by atoms with Crippen molar-refractivity contribution in [3.05, 3.63) is 89.5 Å². The first kappa shape index (κ1) is 27.7. The van der Waals surface area contributed by atoms with Gasteiger partial charge in [-0.25, -0.2) is 4.79 Å². The molecule has 6 N–H and O–H groups in total. The number of esters is 1. The molecule has 0 amide bonds. The molecule has 5 atom stereocenters. The molecule has 0 unspecified atom stereocenters. The lowest BCUT2D eigenvalue weighted by Crippen LogP contribution is -2.61. The number of carbonyl (C=O) groups excluding carboxylic acids is 1. The fourth-order valence-corrected chi connectivity index (χ4v) is 3.88. The average molecular weight is 537 g/mol. The molecule has 0 aromatic heterocycles. The van der Waals surface area contributed by atoms with Crippen LogP contribution >= 0.6 is 0 Å². The van der Waals surface area contributed by atoms with Crippen LogP contribution in [0, 0.1) is 0 Å². The Balaban J connectivity index is 1.52. The van der Waals surface area contributed by atoms with Gasteiger partial charge in [0.25, 0.3) is 0 Å². The lowest BCUT2D eigenvalue weighted by molar-refractivity contribution is -0.281. The van der Waals surface area contributed by atoms with Crippen molar-refractivity contribution in [1.29, 1.82) is 0 Å². The highest BCUT2D eigenvalue weighted by Crippen LogP contribution is 2.30. The Morgan fingerprint density at radius 1 is 0.769 bits per heavy atom. The van der Waals surface area contributed by atoms with Crippen LogP contribution in [0.3, 0.4) is 0 Å². The van der Waals surface area contributed by atoms with E-state index in [1.54, 1.807) is 42.5 Å². The Morgan fingerprint density at radius 2 is 1.36 bits per heavy atom. The quantitative estimate of drug-likeness (QED) is 0.143. The summed E-state index contributed by atoms with van der Waals surface area (Å²) >= 11 is 0. The second-order valence-corrected chi connectivity index (χ2v) is 8.84. The van der Waals surface area contributed by atoms with Crippen molar-refractivity contribution in [2.24, 2.45) is 0 Å². The molecular formula is C29H28O10. The van der Waals surface area contributed by atoms with Crippen LogP contribution < -0.4 is 4.74 Å². The number of ether oxygens (including phenoxy) is 3. The molecule has 1 saturated heterocycles. The monoisotopic (exact) mass is 536 g/mol. The number of hydrogen-bond acceptors (Lipinski definition) is 10. The third kappa shape index (κ3) is 7.37. The minimum Gasteiger partial charge on any atom is -0.508 e. The van der Waals surface area contributed by atoms with E-state index in [9.17, 15) is 35.4 Å². The summed E-state index contributed by atoms with van der Waals surface area (Å²) in [6.07, 6.45) is -1.40. The van der Waals surface area contributed by atoms with E-state index in [1.165, 1.54) is 42.5 Å². The first-order valence-corrected chi connectivity index (χ1v) is 12.0. The molecule has 4 rings (SSSR count). The summed E-state index contributed by atoms with van der Waals surface area (Å²) in [4.78, 5) is 12.5. The summed E-state index contributed by atoms with van der Waals surface area (Å²) in [7, 11) is 0. The first-order chi connectivity index (χ1) is 18.7. The van der Waals surface area contributed by atoms with Crippen LogP contribution in [0.15, 0.2) is 72.8 Å². The van der Waals surface area contributed by atoms with Crippen molar-refractivity contribution < 1.29 is 49.6 Å². The first-order valence-electron chi connectivity index (χ1n) is 12.0. The van der Waals surface area contributed by atoms with E-state index < -0.39 is 43.3 Å². The largest absolute Gasteiger partial charge is 0.508 e. The van der Waals surface area contributed by atoms with Gasteiger partial charge in [-0.05, 0) is 59.2 Å². The van der Waals surface area contributed by atoms with Crippen molar-refractivity contribution >= 4 is 24.2 Å². The highest BCUT2D eigenvalue weighted by atomic mass is 16.7. The fourth-order valence-electron chi connectivity index (χ4n) is 3.88. The predicted octanol–water partition coefficient (Wildman–Crippen LogP) is 2.42. The Kier molecular flexibility index (Phi) is 8.84. The van der Waals surface area contributed by atoms with Crippen molar-refractivity contribution in [2.75, 3.05) is 6.61 Å². The molecule has 3 aromatic carbocycles. The summed E-state index contributed by atoms with van der Waals surface area (Å²) in [5.74, 6) is -0.708. The van der Waals surface area contributed by atoms with Gasteiger partial charge in [-0.1, -0.05) is 36.4 Å². The van der Waals surface area contributed by atoms with E-state index in [0.29, 0.717) is 11.1 Å². The minimum atomic E-state index is -1.65. The molecule has 0 bridgehead atoms. The van der Waals surface area contributed by atoms with Crippen molar-refractivity contribution in [2.45, 2.75) is 30.7 Å².